The van der Waals surface area contributed by atoms with E-state index in [0.29, 0.717) is 16.9 Å². The maximum atomic E-state index is 12.0. The highest BCUT2D eigenvalue weighted by Gasteiger charge is 2.12. The Labute approximate surface area is 179 Å². The molecule has 30 heavy (non-hydrogen) atoms. The quantitative estimate of drug-likeness (QED) is 0.319. The van der Waals surface area contributed by atoms with Crippen LogP contribution >= 0.6 is 15.9 Å². The van der Waals surface area contributed by atoms with Crippen molar-refractivity contribution in [2.75, 3.05) is 0 Å². The lowest BCUT2D eigenvalue weighted by atomic mass is 10.2. The van der Waals surface area contributed by atoms with Gasteiger partial charge >= 0.3 is 0 Å². The lowest BCUT2D eigenvalue weighted by Gasteiger charge is -2.07. The van der Waals surface area contributed by atoms with Gasteiger partial charge in [-0.3, -0.25) is 14.9 Å². The van der Waals surface area contributed by atoms with E-state index in [-0.39, 0.29) is 22.9 Å². The summed E-state index contributed by atoms with van der Waals surface area (Å²) in [5, 5.41) is 23.9. The first-order valence-corrected chi connectivity index (χ1v) is 9.31. The zero-order valence-corrected chi connectivity index (χ0v) is 16.9. The molecule has 0 atom stereocenters. The number of nitriles is 1. The van der Waals surface area contributed by atoms with Crippen molar-refractivity contribution in [3.05, 3.63) is 98.0 Å². The van der Waals surface area contributed by atoms with Crippen LogP contribution < -0.4 is 10.2 Å². The molecule has 8 nitrogen and oxygen atoms in total. The lowest BCUT2D eigenvalue weighted by molar-refractivity contribution is -0.384. The van der Waals surface area contributed by atoms with E-state index in [9.17, 15) is 20.2 Å². The number of hydrazone groups is 1. The van der Waals surface area contributed by atoms with Crippen molar-refractivity contribution >= 4 is 33.7 Å². The highest BCUT2D eigenvalue weighted by atomic mass is 79.9. The van der Waals surface area contributed by atoms with Gasteiger partial charge in [-0.25, -0.2) is 5.43 Å². The Morgan fingerprint density at radius 3 is 2.60 bits per heavy atom. The van der Waals surface area contributed by atoms with Crippen LogP contribution in [0, 0.1) is 21.4 Å². The van der Waals surface area contributed by atoms with E-state index in [2.05, 4.69) is 26.5 Å². The highest BCUT2D eigenvalue weighted by molar-refractivity contribution is 9.10. The fourth-order valence-corrected chi connectivity index (χ4v) is 2.82. The minimum atomic E-state index is -0.575. The van der Waals surface area contributed by atoms with Crippen LogP contribution in [0.25, 0.3) is 0 Å². The van der Waals surface area contributed by atoms with E-state index < -0.39 is 4.92 Å². The van der Waals surface area contributed by atoms with Crippen molar-refractivity contribution in [2.45, 2.75) is 0 Å². The van der Waals surface area contributed by atoms with Crippen molar-refractivity contribution in [1.82, 2.24) is 5.43 Å². The molecular weight excluding hydrogens is 452 g/mol. The van der Waals surface area contributed by atoms with Gasteiger partial charge in [-0.15, -0.1) is 0 Å². The number of carbonyl (C=O) groups excluding carboxylic acids is 1. The maximum absolute atomic E-state index is 12.0. The molecule has 0 unspecified atom stereocenters. The molecule has 0 spiro atoms. The molecule has 3 aromatic carbocycles. The van der Waals surface area contributed by atoms with Gasteiger partial charge in [-0.05, 0) is 54.1 Å². The Balaban J connectivity index is 1.64. The van der Waals surface area contributed by atoms with E-state index in [0.717, 1.165) is 10.5 Å². The number of halogens is 1. The van der Waals surface area contributed by atoms with Crippen LogP contribution in [-0.2, 0) is 0 Å². The normalized spacial score (nSPS) is 10.4. The molecule has 1 N–H and O–H groups in total. The number of amides is 1. The number of nitrogens with one attached hydrogen (secondary N) is 1. The van der Waals surface area contributed by atoms with Gasteiger partial charge < -0.3 is 4.74 Å². The number of rotatable bonds is 6. The number of ether oxygens (including phenoxy) is 1. The second-order valence-electron chi connectivity index (χ2n) is 5.93. The van der Waals surface area contributed by atoms with Gasteiger partial charge in [0.25, 0.3) is 11.6 Å². The van der Waals surface area contributed by atoms with E-state index in [1.807, 2.05) is 12.1 Å². The first-order valence-electron chi connectivity index (χ1n) is 8.51. The van der Waals surface area contributed by atoms with Gasteiger partial charge in [-0.2, -0.15) is 10.4 Å². The monoisotopic (exact) mass is 464 g/mol. The first kappa shape index (κ1) is 20.7. The Hall–Kier alpha value is -4.03. The summed E-state index contributed by atoms with van der Waals surface area (Å²) in [7, 11) is 0. The number of benzene rings is 3. The van der Waals surface area contributed by atoms with Gasteiger partial charge in [0.2, 0.25) is 0 Å². The first-order chi connectivity index (χ1) is 14.5. The fourth-order valence-electron chi connectivity index (χ4n) is 2.42. The topological polar surface area (TPSA) is 118 Å². The molecule has 0 saturated carbocycles. The van der Waals surface area contributed by atoms with Crippen LogP contribution in [0.1, 0.15) is 21.5 Å². The van der Waals surface area contributed by atoms with Crippen LogP contribution in [0.3, 0.4) is 0 Å². The molecule has 0 aliphatic heterocycles. The van der Waals surface area contributed by atoms with E-state index in [1.54, 1.807) is 42.5 Å². The molecular formula is C21H13BrN4O4. The third kappa shape index (κ3) is 5.27. The fraction of sp³-hybridized carbons (Fsp3) is 0. The SMILES string of the molecule is N#Cc1cc([N+](=O)[O-])ccc1Oc1ccc(/C=N/NC(=O)c2cccc(Br)c2)cc1. The minimum Gasteiger partial charge on any atom is -0.456 e. The number of hydrogen-bond acceptors (Lipinski definition) is 6. The van der Waals surface area contributed by atoms with Crippen LogP contribution in [0.5, 0.6) is 11.5 Å². The highest BCUT2D eigenvalue weighted by Crippen LogP contribution is 2.28. The standard InChI is InChI=1S/C21H13BrN4O4/c22-17-3-1-2-15(10-17)21(27)25-24-13-14-4-7-19(8-5-14)30-20-9-6-18(26(28)29)11-16(20)12-23/h1-11,13H,(H,25,27)/b24-13+. The van der Waals surface area contributed by atoms with E-state index >= 15 is 0 Å². The van der Waals surface area contributed by atoms with Gasteiger partial charge in [0.05, 0.1) is 11.1 Å². The number of nitrogens with zero attached hydrogens (tertiary/aromatic N) is 3. The van der Waals surface area contributed by atoms with Crippen LogP contribution in [0.15, 0.2) is 76.3 Å². The van der Waals surface area contributed by atoms with Crippen LogP contribution in [0.2, 0.25) is 0 Å². The summed E-state index contributed by atoms with van der Waals surface area (Å²) in [4.78, 5) is 22.3. The van der Waals surface area contributed by atoms with Gasteiger partial charge in [0.15, 0.2) is 0 Å². The molecule has 148 valence electrons. The average molecular weight is 465 g/mol. The molecule has 0 aliphatic carbocycles. The Kier molecular flexibility index (Phi) is 6.52. The van der Waals surface area contributed by atoms with Crippen molar-refractivity contribution in [2.24, 2.45) is 5.10 Å². The molecule has 0 aliphatic rings. The van der Waals surface area contributed by atoms with Crippen LogP contribution in [0.4, 0.5) is 5.69 Å². The summed E-state index contributed by atoms with van der Waals surface area (Å²) in [6.07, 6.45) is 1.48. The second-order valence-corrected chi connectivity index (χ2v) is 6.85. The molecule has 3 aromatic rings. The second kappa shape index (κ2) is 9.45. The third-order valence-corrected chi connectivity index (χ3v) is 4.36. The molecule has 0 heterocycles. The number of nitro benzene ring substituents is 1. The summed E-state index contributed by atoms with van der Waals surface area (Å²) in [6.45, 7) is 0. The van der Waals surface area contributed by atoms with Gasteiger partial charge in [0.1, 0.15) is 23.1 Å². The smallest absolute Gasteiger partial charge is 0.271 e. The van der Waals surface area contributed by atoms with Crippen molar-refractivity contribution < 1.29 is 14.5 Å². The summed E-state index contributed by atoms with van der Waals surface area (Å²) < 4.78 is 6.43. The van der Waals surface area contributed by atoms with E-state index in [4.69, 9.17) is 4.74 Å². The lowest BCUT2D eigenvalue weighted by Crippen LogP contribution is -2.17. The maximum Gasteiger partial charge on any atom is 0.271 e. The summed E-state index contributed by atoms with van der Waals surface area (Å²) in [5.41, 5.74) is 3.50. The predicted molar refractivity (Wildman–Crippen MR) is 114 cm³/mol. The van der Waals surface area contributed by atoms with Crippen LogP contribution in [-0.4, -0.2) is 17.0 Å². The van der Waals surface area contributed by atoms with E-state index in [1.165, 1.54) is 18.3 Å². The molecule has 0 radical (unpaired) electrons. The largest absolute Gasteiger partial charge is 0.456 e. The number of hydrogen-bond donors (Lipinski definition) is 1. The average Bonchev–Trinajstić information content (AvgIpc) is 2.75. The summed E-state index contributed by atoms with van der Waals surface area (Å²) in [5.74, 6) is 0.316. The number of carbonyl (C=O) groups is 1. The Bertz CT molecular complexity index is 1170. The van der Waals surface area contributed by atoms with Crippen molar-refractivity contribution in [3.63, 3.8) is 0 Å². The van der Waals surface area contributed by atoms with Crippen molar-refractivity contribution in [1.29, 1.82) is 5.26 Å². The third-order valence-electron chi connectivity index (χ3n) is 3.87. The summed E-state index contributed by atoms with van der Waals surface area (Å²) >= 11 is 3.31. The number of nitro groups is 1. The number of non-ortho nitro benzene ring substituents is 1. The molecule has 1 amide bonds. The Morgan fingerprint density at radius 2 is 1.93 bits per heavy atom. The van der Waals surface area contributed by atoms with Gasteiger partial charge in [0, 0.05) is 22.2 Å². The molecule has 9 heteroatoms. The molecule has 0 aromatic heterocycles. The zero-order chi connectivity index (χ0) is 21.5. The zero-order valence-electron chi connectivity index (χ0n) is 15.3. The minimum absolute atomic E-state index is 0.0603. The molecule has 0 saturated heterocycles. The molecule has 0 bridgehead atoms. The molecule has 0 fully saturated rings. The van der Waals surface area contributed by atoms with Gasteiger partial charge in [-0.1, -0.05) is 22.0 Å². The predicted octanol–water partition coefficient (Wildman–Crippen LogP) is 4.79. The molecule has 3 rings (SSSR count). The van der Waals surface area contributed by atoms with Crippen molar-refractivity contribution in [3.8, 4) is 17.6 Å². The summed E-state index contributed by atoms with van der Waals surface area (Å²) in [6, 6.07) is 19.3. The Morgan fingerprint density at radius 1 is 1.17 bits per heavy atom.